The minimum absolute atomic E-state index is 0.183. The zero-order valence-corrected chi connectivity index (χ0v) is 16.4. The molecule has 2 aromatic rings. The maximum Gasteiger partial charge on any atom is 0.241 e. The Hall–Kier alpha value is -2.18. The molecular formula is C21H26N2O3S. The average Bonchev–Trinajstić information content (AvgIpc) is 3.22. The lowest BCUT2D eigenvalue weighted by Crippen LogP contribution is -2.27. The van der Waals surface area contributed by atoms with E-state index in [1.807, 2.05) is 42.2 Å². The lowest BCUT2D eigenvalue weighted by molar-refractivity contribution is -0.130. The Bertz CT molecular complexity index is 858. The number of hydrogen-bond donors (Lipinski definition) is 1. The van der Waals surface area contributed by atoms with Gasteiger partial charge in [0.25, 0.3) is 0 Å². The van der Waals surface area contributed by atoms with Crippen LogP contribution in [0.2, 0.25) is 0 Å². The smallest absolute Gasteiger partial charge is 0.241 e. The maximum absolute atomic E-state index is 12.6. The number of carbonyl (C=O) groups is 1. The zero-order chi connectivity index (χ0) is 19.3. The van der Waals surface area contributed by atoms with Crippen molar-refractivity contribution in [3.05, 3.63) is 65.7 Å². The topological polar surface area (TPSA) is 66.5 Å². The van der Waals surface area contributed by atoms with Crippen molar-refractivity contribution in [2.45, 2.75) is 43.5 Å². The van der Waals surface area contributed by atoms with Gasteiger partial charge in [-0.2, -0.15) is 0 Å². The third kappa shape index (κ3) is 5.17. The molecule has 6 heteroatoms. The Morgan fingerprint density at radius 1 is 1.04 bits per heavy atom. The van der Waals surface area contributed by atoms with E-state index in [-0.39, 0.29) is 16.8 Å². The highest BCUT2D eigenvalue weighted by Gasteiger charge is 2.19. The van der Waals surface area contributed by atoms with Crippen LogP contribution in [0.5, 0.6) is 0 Å². The number of carbonyl (C=O) groups excluding carboxylic acids is 1. The summed E-state index contributed by atoms with van der Waals surface area (Å²) in [6.45, 7) is 3.55. The molecule has 0 unspecified atom stereocenters. The highest BCUT2D eigenvalue weighted by molar-refractivity contribution is 7.89. The number of hydrogen-bond acceptors (Lipinski definition) is 3. The van der Waals surface area contributed by atoms with Crippen LogP contribution >= 0.6 is 0 Å². The van der Waals surface area contributed by atoms with Crippen LogP contribution in [0, 0.1) is 0 Å². The van der Waals surface area contributed by atoms with E-state index in [0.717, 1.165) is 37.1 Å². The van der Waals surface area contributed by atoms with E-state index in [4.69, 9.17) is 0 Å². The van der Waals surface area contributed by atoms with Gasteiger partial charge in [0, 0.05) is 25.6 Å². The number of rotatable bonds is 7. The summed E-state index contributed by atoms with van der Waals surface area (Å²) in [4.78, 5) is 14.3. The summed E-state index contributed by atoms with van der Waals surface area (Å²) in [6.07, 6.45) is 3.28. The average molecular weight is 387 g/mol. The lowest BCUT2D eigenvalue weighted by Gasteiger charge is -2.16. The summed E-state index contributed by atoms with van der Waals surface area (Å²) < 4.78 is 27.9. The van der Waals surface area contributed by atoms with E-state index in [0.29, 0.717) is 12.8 Å². The summed E-state index contributed by atoms with van der Waals surface area (Å²) >= 11 is 0. The molecule has 27 heavy (non-hydrogen) atoms. The highest BCUT2D eigenvalue weighted by Crippen LogP contribution is 2.18. The normalized spacial score (nSPS) is 15.7. The van der Waals surface area contributed by atoms with Crippen LogP contribution in [0.3, 0.4) is 0 Å². The second-order valence-electron chi connectivity index (χ2n) is 6.99. The van der Waals surface area contributed by atoms with Crippen molar-refractivity contribution in [2.24, 2.45) is 0 Å². The number of likely N-dealkylation sites (tertiary alicyclic amines) is 1. The molecule has 144 valence electrons. The molecule has 1 aliphatic heterocycles. The molecule has 1 N–H and O–H groups in total. The first kappa shape index (κ1) is 19.6. The van der Waals surface area contributed by atoms with Crippen LogP contribution < -0.4 is 4.72 Å². The Balaban J connectivity index is 1.59. The van der Waals surface area contributed by atoms with E-state index in [1.165, 1.54) is 0 Å². The van der Waals surface area contributed by atoms with Gasteiger partial charge in [-0.15, -0.1) is 0 Å². The van der Waals surface area contributed by atoms with Crippen LogP contribution in [-0.4, -0.2) is 32.3 Å². The fourth-order valence-electron chi connectivity index (χ4n) is 3.32. The van der Waals surface area contributed by atoms with Gasteiger partial charge in [-0.3, -0.25) is 4.79 Å². The van der Waals surface area contributed by atoms with Gasteiger partial charge in [-0.1, -0.05) is 42.5 Å². The number of sulfonamides is 1. The van der Waals surface area contributed by atoms with Gasteiger partial charge < -0.3 is 4.90 Å². The fraction of sp³-hybridized carbons (Fsp3) is 0.381. The van der Waals surface area contributed by atoms with Crippen molar-refractivity contribution < 1.29 is 13.2 Å². The SMILES string of the molecule is C[C@@H](NS(=O)(=O)c1ccc(CCC(=O)N2CCCC2)cc1)c1ccccc1. The molecule has 0 spiro atoms. The molecule has 1 atom stereocenters. The van der Waals surface area contributed by atoms with E-state index < -0.39 is 10.0 Å². The van der Waals surface area contributed by atoms with Crippen molar-refractivity contribution >= 4 is 15.9 Å². The van der Waals surface area contributed by atoms with Crippen LogP contribution in [0.4, 0.5) is 0 Å². The van der Waals surface area contributed by atoms with Crippen molar-refractivity contribution in [3.63, 3.8) is 0 Å². The molecule has 5 nitrogen and oxygen atoms in total. The summed E-state index contributed by atoms with van der Waals surface area (Å²) in [6, 6.07) is 16.0. The van der Waals surface area contributed by atoms with E-state index in [1.54, 1.807) is 24.3 Å². The molecular weight excluding hydrogens is 360 g/mol. The first-order chi connectivity index (χ1) is 13.0. The molecule has 0 radical (unpaired) electrons. The molecule has 1 amide bonds. The number of aryl methyl sites for hydroxylation is 1. The number of nitrogens with one attached hydrogen (secondary N) is 1. The van der Waals surface area contributed by atoms with Crippen LogP contribution in [-0.2, 0) is 21.2 Å². The predicted octanol–water partition coefficient (Wildman–Crippen LogP) is 3.28. The molecule has 1 fully saturated rings. The van der Waals surface area contributed by atoms with Gasteiger partial charge in [0.1, 0.15) is 0 Å². The van der Waals surface area contributed by atoms with Crippen molar-refractivity contribution in [3.8, 4) is 0 Å². The first-order valence-electron chi connectivity index (χ1n) is 9.40. The summed E-state index contributed by atoms with van der Waals surface area (Å²) in [7, 11) is -3.59. The van der Waals surface area contributed by atoms with Gasteiger partial charge in [-0.25, -0.2) is 13.1 Å². The Kier molecular flexibility index (Phi) is 6.29. The van der Waals surface area contributed by atoms with E-state index >= 15 is 0 Å². The van der Waals surface area contributed by atoms with E-state index in [2.05, 4.69) is 4.72 Å². The Labute approximate surface area is 161 Å². The van der Waals surface area contributed by atoms with Gasteiger partial charge in [0.15, 0.2) is 0 Å². The molecule has 1 heterocycles. The van der Waals surface area contributed by atoms with Gasteiger partial charge in [0.05, 0.1) is 4.90 Å². The molecule has 1 aliphatic rings. The number of benzene rings is 2. The standard InChI is InChI=1S/C21H26N2O3S/c1-17(19-7-3-2-4-8-19)22-27(25,26)20-12-9-18(10-13-20)11-14-21(24)23-15-5-6-16-23/h2-4,7-10,12-13,17,22H,5-6,11,14-16H2,1H3/t17-/m1/s1. The maximum atomic E-state index is 12.6. The third-order valence-corrected chi connectivity index (χ3v) is 6.51. The minimum Gasteiger partial charge on any atom is -0.343 e. The van der Waals surface area contributed by atoms with Gasteiger partial charge >= 0.3 is 0 Å². The number of amides is 1. The largest absolute Gasteiger partial charge is 0.343 e. The Morgan fingerprint density at radius 3 is 2.30 bits per heavy atom. The second-order valence-corrected chi connectivity index (χ2v) is 8.70. The lowest BCUT2D eigenvalue weighted by atomic mass is 10.1. The summed E-state index contributed by atoms with van der Waals surface area (Å²) in [5.74, 6) is 0.183. The zero-order valence-electron chi connectivity index (χ0n) is 15.6. The van der Waals surface area contributed by atoms with Crippen molar-refractivity contribution in [2.75, 3.05) is 13.1 Å². The molecule has 0 aromatic heterocycles. The second kappa shape index (κ2) is 8.67. The van der Waals surface area contributed by atoms with Gasteiger partial charge in [0.2, 0.25) is 15.9 Å². The Morgan fingerprint density at radius 2 is 1.67 bits per heavy atom. The minimum atomic E-state index is -3.59. The molecule has 2 aromatic carbocycles. The fourth-order valence-corrected chi connectivity index (χ4v) is 4.55. The summed E-state index contributed by atoms with van der Waals surface area (Å²) in [5.41, 5.74) is 1.88. The quantitative estimate of drug-likeness (QED) is 0.794. The summed E-state index contributed by atoms with van der Waals surface area (Å²) in [5, 5.41) is 0. The van der Waals surface area contributed by atoms with Crippen LogP contribution in [0.25, 0.3) is 0 Å². The first-order valence-corrected chi connectivity index (χ1v) is 10.9. The molecule has 0 saturated carbocycles. The molecule has 0 bridgehead atoms. The van der Waals surface area contributed by atoms with Gasteiger partial charge in [-0.05, 0) is 49.4 Å². The van der Waals surface area contributed by atoms with Crippen LogP contribution in [0.15, 0.2) is 59.5 Å². The molecule has 1 saturated heterocycles. The third-order valence-electron chi connectivity index (χ3n) is 4.95. The predicted molar refractivity (Wildman–Crippen MR) is 106 cm³/mol. The van der Waals surface area contributed by atoms with E-state index in [9.17, 15) is 13.2 Å². The highest BCUT2D eigenvalue weighted by atomic mass is 32.2. The van der Waals surface area contributed by atoms with Crippen molar-refractivity contribution in [1.29, 1.82) is 0 Å². The molecule has 3 rings (SSSR count). The monoisotopic (exact) mass is 386 g/mol. The van der Waals surface area contributed by atoms with Crippen molar-refractivity contribution in [1.82, 2.24) is 9.62 Å². The molecule has 0 aliphatic carbocycles. The number of nitrogens with zero attached hydrogens (tertiary/aromatic N) is 1. The van der Waals surface area contributed by atoms with Crippen LogP contribution in [0.1, 0.15) is 43.4 Å².